The molecular weight excluding hydrogens is 261 g/mol. The zero-order chi connectivity index (χ0) is 14.5. The highest BCUT2D eigenvalue weighted by Gasteiger charge is 2.19. The number of nitrogens with zero attached hydrogens (tertiary/aromatic N) is 2. The van der Waals surface area contributed by atoms with Crippen LogP contribution >= 0.6 is 0 Å². The van der Waals surface area contributed by atoms with E-state index in [9.17, 15) is 14.5 Å². The van der Waals surface area contributed by atoms with Crippen LogP contribution in [0.25, 0.3) is 0 Å². The molecule has 0 radical (unpaired) electrons. The normalized spacial score (nSPS) is 20.0. The van der Waals surface area contributed by atoms with Crippen molar-refractivity contribution in [3.8, 4) is 0 Å². The molecule has 20 heavy (non-hydrogen) atoms. The fourth-order valence-electron chi connectivity index (χ4n) is 2.69. The van der Waals surface area contributed by atoms with Gasteiger partial charge in [0.15, 0.2) is 0 Å². The van der Waals surface area contributed by atoms with Gasteiger partial charge in [-0.15, -0.1) is 0 Å². The molecule has 1 N–H and O–H groups in total. The van der Waals surface area contributed by atoms with E-state index in [0.717, 1.165) is 19.6 Å². The van der Waals surface area contributed by atoms with Crippen LogP contribution in [0.15, 0.2) is 18.2 Å². The quantitative estimate of drug-likeness (QED) is 0.664. The maximum Gasteiger partial charge on any atom is 0.305 e. The maximum absolute atomic E-state index is 13.9. The number of nitro groups is 1. The lowest BCUT2D eigenvalue weighted by Gasteiger charge is -2.29. The van der Waals surface area contributed by atoms with E-state index < -0.39 is 16.4 Å². The predicted octanol–water partition coefficient (Wildman–Crippen LogP) is 2.17. The Kier molecular flexibility index (Phi) is 5.03. The van der Waals surface area contributed by atoms with Gasteiger partial charge in [0.05, 0.1) is 4.92 Å². The molecule has 0 aromatic heterocycles. The molecule has 0 bridgehead atoms. The maximum atomic E-state index is 13.9. The van der Waals surface area contributed by atoms with Crippen LogP contribution in [0.5, 0.6) is 0 Å². The second-order valence-electron chi connectivity index (χ2n) is 5.41. The molecule has 1 saturated heterocycles. The summed E-state index contributed by atoms with van der Waals surface area (Å²) in [6.07, 6.45) is 2.36. The smallest absolute Gasteiger partial charge is 0.305 e. The second-order valence-corrected chi connectivity index (χ2v) is 5.41. The highest BCUT2D eigenvalue weighted by Crippen LogP contribution is 2.20. The minimum Gasteiger partial charge on any atom is -0.312 e. The van der Waals surface area contributed by atoms with Crippen LogP contribution in [-0.2, 0) is 6.54 Å². The van der Waals surface area contributed by atoms with Gasteiger partial charge in [0, 0.05) is 24.7 Å². The van der Waals surface area contributed by atoms with Gasteiger partial charge in [0.25, 0.3) is 0 Å². The molecule has 2 rings (SSSR count). The monoisotopic (exact) mass is 281 g/mol. The number of nitrogens with one attached hydrogen (secondary N) is 1. The Morgan fingerprint density at radius 2 is 2.35 bits per heavy atom. The molecule has 1 heterocycles. The number of halogens is 1. The van der Waals surface area contributed by atoms with Gasteiger partial charge in [0.1, 0.15) is 0 Å². The summed E-state index contributed by atoms with van der Waals surface area (Å²) in [6, 6.07) is 4.30. The summed E-state index contributed by atoms with van der Waals surface area (Å²) in [4.78, 5) is 12.3. The number of likely N-dealkylation sites (tertiary alicyclic amines) is 1. The van der Waals surface area contributed by atoms with E-state index in [1.54, 1.807) is 6.07 Å². The van der Waals surface area contributed by atoms with Gasteiger partial charge in [-0.2, -0.15) is 4.39 Å². The molecule has 1 aliphatic heterocycles. The van der Waals surface area contributed by atoms with Crippen molar-refractivity contribution in [1.82, 2.24) is 10.2 Å². The molecule has 0 amide bonds. The number of hydrogen-bond acceptors (Lipinski definition) is 4. The number of nitro benzene ring substituents is 1. The average Bonchev–Trinajstić information content (AvgIpc) is 2.40. The standard InChI is InChI=1S/C14H20FN3O2/c1-17-7-3-4-11(10-17)8-16-9-12-5-2-6-13(14(12)15)18(19)20/h2,5-6,11,16H,3-4,7-10H2,1H3. The molecule has 0 spiro atoms. The van der Waals surface area contributed by atoms with E-state index in [4.69, 9.17) is 0 Å². The predicted molar refractivity (Wildman–Crippen MR) is 75.0 cm³/mol. The highest BCUT2D eigenvalue weighted by atomic mass is 19.1. The summed E-state index contributed by atoms with van der Waals surface area (Å²) in [5.74, 6) is -0.165. The lowest BCUT2D eigenvalue weighted by Crippen LogP contribution is -2.37. The lowest BCUT2D eigenvalue weighted by atomic mass is 9.98. The first-order valence-electron chi connectivity index (χ1n) is 6.89. The third kappa shape index (κ3) is 3.74. The third-order valence-corrected chi connectivity index (χ3v) is 3.73. The van der Waals surface area contributed by atoms with Gasteiger partial charge < -0.3 is 10.2 Å². The Hall–Kier alpha value is -1.53. The molecule has 1 aromatic rings. The Morgan fingerprint density at radius 3 is 3.05 bits per heavy atom. The Labute approximate surface area is 117 Å². The summed E-state index contributed by atoms with van der Waals surface area (Å²) in [5.41, 5.74) is -0.106. The van der Waals surface area contributed by atoms with Gasteiger partial charge in [0.2, 0.25) is 5.82 Å². The fraction of sp³-hybridized carbons (Fsp3) is 0.571. The SMILES string of the molecule is CN1CCCC(CNCc2cccc([N+](=O)[O-])c2F)C1. The van der Waals surface area contributed by atoms with Crippen LogP contribution in [0.2, 0.25) is 0 Å². The van der Waals surface area contributed by atoms with Gasteiger partial charge >= 0.3 is 5.69 Å². The van der Waals surface area contributed by atoms with Crippen LogP contribution in [-0.4, -0.2) is 36.5 Å². The largest absolute Gasteiger partial charge is 0.312 e. The third-order valence-electron chi connectivity index (χ3n) is 3.73. The van der Waals surface area contributed by atoms with Crippen LogP contribution < -0.4 is 5.32 Å². The first-order valence-corrected chi connectivity index (χ1v) is 6.89. The molecule has 0 saturated carbocycles. The zero-order valence-corrected chi connectivity index (χ0v) is 11.6. The average molecular weight is 281 g/mol. The molecule has 5 nitrogen and oxygen atoms in total. The fourth-order valence-corrected chi connectivity index (χ4v) is 2.69. The van der Waals surface area contributed by atoms with Crippen molar-refractivity contribution in [2.24, 2.45) is 5.92 Å². The molecule has 1 atom stereocenters. The van der Waals surface area contributed by atoms with Crippen molar-refractivity contribution < 1.29 is 9.31 Å². The van der Waals surface area contributed by atoms with Crippen molar-refractivity contribution in [2.45, 2.75) is 19.4 Å². The van der Waals surface area contributed by atoms with Gasteiger partial charge in [-0.25, -0.2) is 0 Å². The number of hydrogen-bond donors (Lipinski definition) is 1. The number of benzene rings is 1. The van der Waals surface area contributed by atoms with E-state index in [1.807, 2.05) is 0 Å². The molecule has 1 aliphatic rings. The van der Waals surface area contributed by atoms with Crippen LogP contribution in [0, 0.1) is 21.8 Å². The molecule has 0 aliphatic carbocycles. The van der Waals surface area contributed by atoms with E-state index in [0.29, 0.717) is 18.0 Å². The first kappa shape index (κ1) is 14.9. The highest BCUT2D eigenvalue weighted by molar-refractivity contribution is 5.36. The van der Waals surface area contributed by atoms with Gasteiger partial charge in [-0.3, -0.25) is 10.1 Å². The van der Waals surface area contributed by atoms with Gasteiger partial charge in [-0.05, 0) is 38.9 Å². The van der Waals surface area contributed by atoms with E-state index in [-0.39, 0.29) is 0 Å². The summed E-state index contributed by atoms with van der Waals surface area (Å²) in [7, 11) is 2.10. The Balaban J connectivity index is 1.88. The minimum absolute atomic E-state index is 0.327. The van der Waals surface area contributed by atoms with Crippen molar-refractivity contribution >= 4 is 5.69 Å². The van der Waals surface area contributed by atoms with Crippen molar-refractivity contribution in [2.75, 3.05) is 26.7 Å². The van der Waals surface area contributed by atoms with E-state index in [1.165, 1.54) is 25.0 Å². The van der Waals surface area contributed by atoms with Crippen LogP contribution in [0.3, 0.4) is 0 Å². The first-order chi connectivity index (χ1) is 9.58. The number of rotatable bonds is 5. The molecule has 110 valence electrons. The van der Waals surface area contributed by atoms with Crippen molar-refractivity contribution in [3.63, 3.8) is 0 Å². The molecule has 6 heteroatoms. The lowest BCUT2D eigenvalue weighted by molar-refractivity contribution is -0.387. The summed E-state index contributed by atoms with van der Waals surface area (Å²) in [6.45, 7) is 3.32. The number of piperidine rings is 1. The minimum atomic E-state index is -0.731. The molecule has 1 aromatic carbocycles. The Bertz CT molecular complexity index is 481. The van der Waals surface area contributed by atoms with E-state index >= 15 is 0 Å². The molecule has 1 unspecified atom stereocenters. The van der Waals surface area contributed by atoms with E-state index in [2.05, 4.69) is 17.3 Å². The van der Waals surface area contributed by atoms with Crippen molar-refractivity contribution in [1.29, 1.82) is 0 Å². The second kappa shape index (κ2) is 6.76. The summed E-state index contributed by atoms with van der Waals surface area (Å²) in [5, 5.41) is 13.9. The Morgan fingerprint density at radius 1 is 1.55 bits per heavy atom. The molecule has 1 fully saturated rings. The van der Waals surface area contributed by atoms with Gasteiger partial charge in [-0.1, -0.05) is 12.1 Å². The summed E-state index contributed by atoms with van der Waals surface area (Å²) < 4.78 is 13.9. The van der Waals surface area contributed by atoms with Crippen molar-refractivity contribution in [3.05, 3.63) is 39.7 Å². The van der Waals surface area contributed by atoms with Crippen LogP contribution in [0.4, 0.5) is 10.1 Å². The topological polar surface area (TPSA) is 58.4 Å². The zero-order valence-electron chi connectivity index (χ0n) is 11.6. The van der Waals surface area contributed by atoms with Crippen LogP contribution in [0.1, 0.15) is 18.4 Å². The molecular formula is C14H20FN3O2. The summed E-state index contributed by atoms with van der Waals surface area (Å²) >= 11 is 0.